The lowest BCUT2D eigenvalue weighted by atomic mass is 10.2. The first kappa shape index (κ1) is 19.8. The van der Waals surface area contributed by atoms with Crippen LogP contribution in [-0.2, 0) is 10.0 Å². The van der Waals surface area contributed by atoms with Gasteiger partial charge in [0.15, 0.2) is 0 Å². The minimum atomic E-state index is -3.92. The van der Waals surface area contributed by atoms with E-state index < -0.39 is 14.9 Å². The average Bonchev–Trinajstić information content (AvgIpc) is 2.59. The van der Waals surface area contributed by atoms with Gasteiger partial charge in [0.25, 0.3) is 11.6 Å². The number of nitrogens with one attached hydrogen (secondary N) is 2. The van der Waals surface area contributed by atoms with Crippen LogP contribution in [0.4, 0.5) is 5.69 Å². The van der Waals surface area contributed by atoms with Crippen LogP contribution in [-0.4, -0.2) is 32.3 Å². The van der Waals surface area contributed by atoms with E-state index in [0.717, 1.165) is 6.07 Å². The molecule has 0 heterocycles. The highest BCUT2D eigenvalue weighted by molar-refractivity contribution is 7.89. The average molecular weight is 398 g/mol. The first-order chi connectivity index (χ1) is 12.2. The predicted octanol–water partition coefficient (Wildman–Crippen LogP) is 2.26. The Balaban J connectivity index is 1.94. The van der Waals surface area contributed by atoms with Crippen LogP contribution in [0.15, 0.2) is 47.4 Å². The maximum atomic E-state index is 12.2. The molecule has 2 aromatic carbocycles. The summed E-state index contributed by atoms with van der Waals surface area (Å²) >= 11 is 5.74. The largest absolute Gasteiger partial charge is 0.351 e. The topological polar surface area (TPSA) is 118 Å². The Kier molecular flexibility index (Phi) is 6.30. The number of benzene rings is 2. The summed E-state index contributed by atoms with van der Waals surface area (Å²) in [6.07, 6.45) is 0. The highest BCUT2D eigenvalue weighted by Gasteiger charge is 2.19. The third kappa shape index (κ3) is 5.01. The lowest BCUT2D eigenvalue weighted by molar-refractivity contribution is -0.385. The third-order valence-corrected chi connectivity index (χ3v) is 5.21. The zero-order valence-electron chi connectivity index (χ0n) is 13.7. The van der Waals surface area contributed by atoms with Crippen molar-refractivity contribution in [2.24, 2.45) is 0 Å². The monoisotopic (exact) mass is 397 g/mol. The molecular weight excluding hydrogens is 382 g/mol. The molecule has 0 unspecified atom stereocenters. The number of nitro groups is 1. The number of rotatable bonds is 7. The summed E-state index contributed by atoms with van der Waals surface area (Å²) in [7, 11) is -3.92. The van der Waals surface area contributed by atoms with Gasteiger partial charge in [-0.1, -0.05) is 17.7 Å². The molecule has 8 nitrogen and oxygen atoms in total. The van der Waals surface area contributed by atoms with Crippen LogP contribution in [0.1, 0.15) is 15.9 Å². The van der Waals surface area contributed by atoms with Crippen molar-refractivity contribution >= 4 is 33.2 Å². The summed E-state index contributed by atoms with van der Waals surface area (Å²) in [6, 6.07) is 9.91. The molecule has 10 heteroatoms. The van der Waals surface area contributed by atoms with Gasteiger partial charge in [-0.3, -0.25) is 14.9 Å². The SMILES string of the molecule is Cc1ccc(S(=O)(=O)NCCNC(=O)c2ccc(Cl)cc2)cc1[N+](=O)[O-]. The molecule has 0 fully saturated rings. The van der Waals surface area contributed by atoms with Crippen LogP contribution in [0.5, 0.6) is 0 Å². The lowest BCUT2D eigenvalue weighted by Crippen LogP contribution is -2.34. The fourth-order valence-corrected chi connectivity index (χ4v) is 3.28. The molecule has 0 spiro atoms. The normalized spacial score (nSPS) is 11.2. The van der Waals surface area contributed by atoms with E-state index >= 15 is 0 Å². The summed E-state index contributed by atoms with van der Waals surface area (Å²) in [5.74, 6) is -0.369. The number of carbonyl (C=O) groups is 1. The number of nitrogens with zero attached hydrogens (tertiary/aromatic N) is 1. The zero-order valence-corrected chi connectivity index (χ0v) is 15.3. The lowest BCUT2D eigenvalue weighted by Gasteiger charge is -2.09. The number of hydrogen-bond donors (Lipinski definition) is 2. The number of aryl methyl sites for hydroxylation is 1. The highest BCUT2D eigenvalue weighted by Crippen LogP contribution is 2.21. The van der Waals surface area contributed by atoms with E-state index in [4.69, 9.17) is 11.6 Å². The third-order valence-electron chi connectivity index (χ3n) is 3.50. The molecule has 2 aromatic rings. The minimum Gasteiger partial charge on any atom is -0.351 e. The molecule has 0 aromatic heterocycles. The van der Waals surface area contributed by atoms with Crippen LogP contribution < -0.4 is 10.0 Å². The molecule has 1 amide bonds. The molecule has 0 saturated heterocycles. The Labute approximate surface area is 155 Å². The Morgan fingerprint density at radius 2 is 1.81 bits per heavy atom. The Morgan fingerprint density at radius 1 is 1.15 bits per heavy atom. The van der Waals surface area contributed by atoms with Crippen molar-refractivity contribution in [2.45, 2.75) is 11.8 Å². The predicted molar refractivity (Wildman–Crippen MR) is 96.8 cm³/mol. The number of hydrogen-bond acceptors (Lipinski definition) is 5. The van der Waals surface area contributed by atoms with Gasteiger partial charge in [-0.2, -0.15) is 0 Å². The molecule has 0 aliphatic rings. The van der Waals surface area contributed by atoms with Gasteiger partial charge >= 0.3 is 0 Å². The Morgan fingerprint density at radius 3 is 2.42 bits per heavy atom. The van der Waals surface area contributed by atoms with Gasteiger partial charge in [0.1, 0.15) is 0 Å². The van der Waals surface area contributed by atoms with Gasteiger partial charge in [0.05, 0.1) is 9.82 Å². The molecule has 26 heavy (non-hydrogen) atoms. The molecule has 2 rings (SSSR count). The number of sulfonamides is 1. The standard InChI is InChI=1S/C16H16ClN3O5S/c1-11-2-7-14(10-15(11)20(22)23)26(24,25)19-9-8-18-16(21)12-3-5-13(17)6-4-12/h2-7,10,19H,8-9H2,1H3,(H,18,21). The molecule has 2 N–H and O–H groups in total. The smallest absolute Gasteiger partial charge is 0.273 e. The fourth-order valence-electron chi connectivity index (χ4n) is 2.10. The maximum absolute atomic E-state index is 12.2. The zero-order chi connectivity index (χ0) is 19.3. The first-order valence-electron chi connectivity index (χ1n) is 7.49. The first-order valence-corrected chi connectivity index (χ1v) is 9.35. The molecule has 0 radical (unpaired) electrons. The van der Waals surface area contributed by atoms with E-state index in [1.807, 2.05) is 0 Å². The fraction of sp³-hybridized carbons (Fsp3) is 0.188. The second-order valence-electron chi connectivity index (χ2n) is 5.37. The van der Waals surface area contributed by atoms with Gasteiger partial charge in [0, 0.05) is 35.3 Å². The van der Waals surface area contributed by atoms with Crippen LogP contribution in [0.25, 0.3) is 0 Å². The molecule has 0 bridgehead atoms. The van der Waals surface area contributed by atoms with Crippen molar-refractivity contribution in [3.8, 4) is 0 Å². The Hall–Kier alpha value is -2.49. The van der Waals surface area contributed by atoms with Crippen molar-refractivity contribution in [3.05, 3.63) is 68.7 Å². The van der Waals surface area contributed by atoms with Crippen molar-refractivity contribution < 1.29 is 18.1 Å². The second kappa shape index (κ2) is 8.26. The van der Waals surface area contributed by atoms with E-state index in [9.17, 15) is 23.3 Å². The van der Waals surface area contributed by atoms with Crippen molar-refractivity contribution in [2.75, 3.05) is 13.1 Å². The number of halogens is 1. The summed E-state index contributed by atoms with van der Waals surface area (Å²) in [5.41, 5.74) is 0.486. The summed E-state index contributed by atoms with van der Waals surface area (Å²) in [6.45, 7) is 1.51. The van der Waals surface area contributed by atoms with Crippen LogP contribution in [0, 0.1) is 17.0 Å². The van der Waals surface area contributed by atoms with E-state index in [-0.39, 0.29) is 29.6 Å². The quantitative estimate of drug-likeness (QED) is 0.422. The Bertz CT molecular complexity index is 929. The molecule has 0 atom stereocenters. The molecule has 0 aliphatic carbocycles. The van der Waals surface area contributed by atoms with E-state index in [1.165, 1.54) is 19.1 Å². The van der Waals surface area contributed by atoms with Gasteiger partial charge in [0.2, 0.25) is 10.0 Å². The highest BCUT2D eigenvalue weighted by atomic mass is 35.5. The summed E-state index contributed by atoms with van der Waals surface area (Å²) < 4.78 is 26.7. The summed E-state index contributed by atoms with van der Waals surface area (Å²) in [5, 5.41) is 14.0. The number of nitro benzene ring substituents is 1. The van der Waals surface area contributed by atoms with Gasteiger partial charge in [-0.05, 0) is 37.3 Å². The van der Waals surface area contributed by atoms with E-state index in [2.05, 4.69) is 10.0 Å². The van der Waals surface area contributed by atoms with Gasteiger partial charge < -0.3 is 5.32 Å². The van der Waals surface area contributed by atoms with Crippen LogP contribution >= 0.6 is 11.6 Å². The van der Waals surface area contributed by atoms with Crippen molar-refractivity contribution in [1.82, 2.24) is 10.0 Å². The van der Waals surface area contributed by atoms with Crippen LogP contribution in [0.2, 0.25) is 5.02 Å². The summed E-state index contributed by atoms with van der Waals surface area (Å²) in [4.78, 5) is 22.0. The van der Waals surface area contributed by atoms with Crippen molar-refractivity contribution in [1.29, 1.82) is 0 Å². The van der Waals surface area contributed by atoms with E-state index in [1.54, 1.807) is 24.3 Å². The van der Waals surface area contributed by atoms with E-state index in [0.29, 0.717) is 16.1 Å². The second-order valence-corrected chi connectivity index (χ2v) is 7.57. The van der Waals surface area contributed by atoms with Crippen molar-refractivity contribution in [3.63, 3.8) is 0 Å². The number of carbonyl (C=O) groups excluding carboxylic acids is 1. The molecular formula is C16H16ClN3O5S. The molecule has 0 saturated carbocycles. The van der Waals surface area contributed by atoms with Gasteiger partial charge in [-0.25, -0.2) is 13.1 Å². The van der Waals surface area contributed by atoms with Crippen LogP contribution in [0.3, 0.4) is 0 Å². The molecule has 138 valence electrons. The molecule has 0 aliphatic heterocycles. The van der Waals surface area contributed by atoms with Gasteiger partial charge in [-0.15, -0.1) is 0 Å². The number of amides is 1. The maximum Gasteiger partial charge on any atom is 0.273 e. The minimum absolute atomic E-state index is 0.0502.